The van der Waals surface area contributed by atoms with Crippen LogP contribution in [0.4, 0.5) is 0 Å². The number of benzene rings is 2. The zero-order valence-electron chi connectivity index (χ0n) is 12.9. The summed E-state index contributed by atoms with van der Waals surface area (Å²) in [7, 11) is 1.91. The highest BCUT2D eigenvalue weighted by Crippen LogP contribution is 2.32. The van der Waals surface area contributed by atoms with Gasteiger partial charge in [-0.3, -0.25) is 4.79 Å². The summed E-state index contributed by atoms with van der Waals surface area (Å²) in [6.07, 6.45) is 3.18. The number of rotatable bonds is 2. The smallest absolute Gasteiger partial charge is 0.272 e. The van der Waals surface area contributed by atoms with Crippen molar-refractivity contribution in [3.05, 3.63) is 58.9 Å². The van der Waals surface area contributed by atoms with Crippen molar-refractivity contribution in [2.24, 2.45) is 12.0 Å². The van der Waals surface area contributed by atoms with Gasteiger partial charge >= 0.3 is 0 Å². The molecule has 0 fully saturated rings. The Kier molecular flexibility index (Phi) is 3.66. The topological polar surface area (TPSA) is 52.8 Å². The molecule has 4 rings (SSSR count). The number of hydrogen-bond acceptors (Lipinski definition) is 4. The molecule has 2 aromatic carbocycles. The van der Waals surface area contributed by atoms with Gasteiger partial charge in [-0.05, 0) is 35.9 Å². The number of aromatic nitrogens is 1. The van der Waals surface area contributed by atoms with Gasteiger partial charge in [-0.1, -0.05) is 29.5 Å². The minimum Gasteiger partial charge on any atom is -0.454 e. The second kappa shape index (κ2) is 5.98. The summed E-state index contributed by atoms with van der Waals surface area (Å²) in [5, 5.41) is 0. The third-order valence-corrected chi connectivity index (χ3v) is 4.85. The van der Waals surface area contributed by atoms with Crippen molar-refractivity contribution in [2.45, 2.75) is 0 Å². The normalized spacial score (nSPS) is 14.0. The molecule has 0 bridgehead atoms. The Morgan fingerprint density at radius 2 is 2.04 bits per heavy atom. The first-order valence-corrected chi connectivity index (χ1v) is 8.23. The maximum absolute atomic E-state index is 12.1. The predicted octanol–water partition coefficient (Wildman–Crippen LogP) is 3.11. The van der Waals surface area contributed by atoms with E-state index in [9.17, 15) is 4.79 Å². The van der Waals surface area contributed by atoms with Gasteiger partial charge in [-0.25, -0.2) is 0 Å². The second-order valence-corrected chi connectivity index (χ2v) is 6.32. The van der Waals surface area contributed by atoms with Gasteiger partial charge in [0.25, 0.3) is 5.91 Å². The predicted molar refractivity (Wildman–Crippen MR) is 93.0 cm³/mol. The number of para-hydroxylation sites is 1. The van der Waals surface area contributed by atoms with E-state index in [0.717, 1.165) is 21.5 Å². The first kappa shape index (κ1) is 14.7. The van der Waals surface area contributed by atoms with Crippen molar-refractivity contribution in [2.75, 3.05) is 6.79 Å². The molecule has 1 aromatic heterocycles. The molecule has 0 radical (unpaired) electrons. The molecule has 5 nitrogen and oxygen atoms in total. The molecule has 1 aliphatic heterocycles. The molecule has 0 aliphatic carbocycles. The molecular weight excluding hydrogens is 324 g/mol. The molecule has 0 atom stereocenters. The van der Waals surface area contributed by atoms with E-state index in [2.05, 4.69) is 4.99 Å². The Morgan fingerprint density at radius 3 is 2.92 bits per heavy atom. The first-order chi connectivity index (χ1) is 11.7. The number of carbonyl (C=O) groups is 1. The fraction of sp³-hybridized carbons (Fsp3) is 0.111. The SMILES string of the molecule is Cn1c(=NC(=O)/C=C/c2ccc3c(c2)OCO3)sc2ccccc21. The van der Waals surface area contributed by atoms with Gasteiger partial charge in [-0.2, -0.15) is 4.99 Å². The fourth-order valence-corrected chi connectivity index (χ4v) is 3.53. The number of hydrogen-bond donors (Lipinski definition) is 0. The van der Waals surface area contributed by atoms with Crippen molar-refractivity contribution in [3.63, 3.8) is 0 Å². The summed E-state index contributed by atoms with van der Waals surface area (Å²) in [5.74, 6) is 1.12. The lowest BCUT2D eigenvalue weighted by atomic mass is 10.2. The molecule has 3 aromatic rings. The van der Waals surface area contributed by atoms with Crippen molar-refractivity contribution >= 4 is 33.5 Å². The van der Waals surface area contributed by atoms with Gasteiger partial charge in [-0.15, -0.1) is 0 Å². The van der Waals surface area contributed by atoms with E-state index < -0.39 is 0 Å². The Hall–Kier alpha value is -2.86. The average Bonchev–Trinajstić information content (AvgIpc) is 3.18. The summed E-state index contributed by atoms with van der Waals surface area (Å²) in [5.41, 5.74) is 1.93. The van der Waals surface area contributed by atoms with Gasteiger partial charge < -0.3 is 14.0 Å². The van der Waals surface area contributed by atoms with E-state index in [1.165, 1.54) is 17.4 Å². The van der Waals surface area contributed by atoms with Crippen molar-refractivity contribution in [3.8, 4) is 11.5 Å². The minimum atomic E-state index is -0.296. The lowest BCUT2D eigenvalue weighted by Gasteiger charge is -1.97. The number of thiazole rings is 1. The third-order valence-electron chi connectivity index (χ3n) is 3.74. The Labute approximate surface area is 142 Å². The molecule has 0 spiro atoms. The van der Waals surface area contributed by atoms with Gasteiger partial charge in [0.15, 0.2) is 16.3 Å². The maximum Gasteiger partial charge on any atom is 0.272 e. The lowest BCUT2D eigenvalue weighted by Crippen LogP contribution is -2.12. The largest absolute Gasteiger partial charge is 0.454 e. The Bertz CT molecular complexity index is 1030. The van der Waals surface area contributed by atoms with Crippen molar-refractivity contribution < 1.29 is 14.3 Å². The Morgan fingerprint density at radius 1 is 1.21 bits per heavy atom. The van der Waals surface area contributed by atoms with Crippen LogP contribution >= 0.6 is 11.3 Å². The molecule has 0 unspecified atom stereocenters. The number of carbonyl (C=O) groups excluding carboxylic acids is 1. The summed E-state index contributed by atoms with van der Waals surface area (Å²) in [4.78, 5) is 17.0. The van der Waals surface area contributed by atoms with Crippen LogP contribution in [0.5, 0.6) is 11.5 Å². The standard InChI is InChI=1S/C18H14N2O3S/c1-20-13-4-2-3-5-16(13)24-18(20)19-17(21)9-7-12-6-8-14-15(10-12)23-11-22-14/h2-10H,11H2,1H3/b9-7+,19-18?. The van der Waals surface area contributed by atoms with Crippen LogP contribution in [0.3, 0.4) is 0 Å². The highest BCUT2D eigenvalue weighted by atomic mass is 32.1. The van der Waals surface area contributed by atoms with Crippen LogP contribution in [0, 0.1) is 0 Å². The van der Waals surface area contributed by atoms with Gasteiger partial charge in [0, 0.05) is 13.1 Å². The van der Waals surface area contributed by atoms with E-state index in [1.807, 2.05) is 54.1 Å². The zero-order chi connectivity index (χ0) is 16.5. The molecule has 0 saturated carbocycles. The van der Waals surface area contributed by atoms with Crippen LogP contribution in [0.1, 0.15) is 5.56 Å². The molecule has 120 valence electrons. The summed E-state index contributed by atoms with van der Waals surface area (Å²) < 4.78 is 13.6. The monoisotopic (exact) mass is 338 g/mol. The summed E-state index contributed by atoms with van der Waals surface area (Å²) in [6.45, 7) is 0.235. The van der Waals surface area contributed by atoms with Crippen LogP contribution in [0.15, 0.2) is 53.5 Å². The highest BCUT2D eigenvalue weighted by molar-refractivity contribution is 7.16. The molecule has 0 N–H and O–H groups in total. The van der Waals surface area contributed by atoms with Crippen LogP contribution in [0.25, 0.3) is 16.3 Å². The zero-order valence-corrected chi connectivity index (χ0v) is 13.7. The van der Waals surface area contributed by atoms with E-state index in [0.29, 0.717) is 10.6 Å². The van der Waals surface area contributed by atoms with Crippen molar-refractivity contribution in [1.82, 2.24) is 4.57 Å². The number of aryl methyl sites for hydroxylation is 1. The third kappa shape index (κ3) is 2.72. The second-order valence-electron chi connectivity index (χ2n) is 5.31. The molecule has 1 amide bonds. The summed E-state index contributed by atoms with van der Waals surface area (Å²) >= 11 is 1.50. The van der Waals surface area contributed by atoms with Crippen LogP contribution < -0.4 is 14.3 Å². The minimum absolute atomic E-state index is 0.235. The van der Waals surface area contributed by atoms with Crippen LogP contribution in [-0.2, 0) is 11.8 Å². The molecule has 6 heteroatoms. The molecule has 1 aliphatic rings. The maximum atomic E-state index is 12.1. The average molecular weight is 338 g/mol. The Balaban J connectivity index is 1.60. The van der Waals surface area contributed by atoms with E-state index in [4.69, 9.17) is 9.47 Å². The molecule has 0 saturated heterocycles. The number of ether oxygens (including phenoxy) is 2. The van der Waals surface area contributed by atoms with Crippen molar-refractivity contribution in [1.29, 1.82) is 0 Å². The number of amides is 1. The molecule has 2 heterocycles. The quantitative estimate of drug-likeness (QED) is 0.675. The van der Waals surface area contributed by atoms with Crippen LogP contribution in [-0.4, -0.2) is 17.3 Å². The van der Waals surface area contributed by atoms with Gasteiger partial charge in [0.05, 0.1) is 10.2 Å². The lowest BCUT2D eigenvalue weighted by molar-refractivity contribution is -0.113. The van der Waals surface area contributed by atoms with E-state index in [-0.39, 0.29) is 12.7 Å². The van der Waals surface area contributed by atoms with Gasteiger partial charge in [0.2, 0.25) is 6.79 Å². The highest BCUT2D eigenvalue weighted by Gasteiger charge is 2.12. The number of fused-ring (bicyclic) bond motifs is 2. The van der Waals surface area contributed by atoms with E-state index in [1.54, 1.807) is 6.08 Å². The fourth-order valence-electron chi connectivity index (χ4n) is 2.50. The van der Waals surface area contributed by atoms with Crippen LogP contribution in [0.2, 0.25) is 0 Å². The molecular formula is C18H14N2O3S. The van der Waals surface area contributed by atoms with E-state index >= 15 is 0 Å². The summed E-state index contributed by atoms with van der Waals surface area (Å²) in [6, 6.07) is 13.5. The van der Waals surface area contributed by atoms with Gasteiger partial charge in [0.1, 0.15) is 0 Å². The molecule has 24 heavy (non-hydrogen) atoms. The first-order valence-electron chi connectivity index (χ1n) is 7.42. The number of nitrogens with zero attached hydrogens (tertiary/aromatic N) is 2.